The van der Waals surface area contributed by atoms with Gasteiger partial charge in [0, 0.05) is 12.1 Å². The number of alkyl halides is 12. The van der Waals surface area contributed by atoms with Gasteiger partial charge < -0.3 is 0 Å². The number of halogens is 12. The Balaban J connectivity index is -0.000000121. The second kappa shape index (κ2) is 51.5. The second-order valence-electron chi connectivity index (χ2n) is 24.5. The van der Waals surface area contributed by atoms with Crippen molar-refractivity contribution in [2.75, 3.05) is 0 Å². The van der Waals surface area contributed by atoms with Gasteiger partial charge in [-0.15, -0.1) is 156 Å². The summed E-state index contributed by atoms with van der Waals surface area (Å²) in [4.78, 5) is 0. The first-order valence-corrected chi connectivity index (χ1v) is 55.6. The molecule has 21 heteroatoms. The minimum absolute atomic E-state index is 0.742. The highest BCUT2D eigenvalue weighted by Crippen LogP contribution is 2.50. The van der Waals surface area contributed by atoms with E-state index in [1.165, 1.54) is 72.4 Å². The summed E-state index contributed by atoms with van der Waals surface area (Å²) in [6.45, 7) is 99.0. The molecule has 0 fully saturated rings. The van der Waals surface area contributed by atoms with Crippen molar-refractivity contribution in [1.29, 1.82) is 0 Å². The first-order chi connectivity index (χ1) is 41.6. The average Bonchev–Trinajstić information content (AvgIpc) is 0.796. The van der Waals surface area contributed by atoms with Crippen LogP contribution in [0.2, 0.25) is 125 Å². The van der Waals surface area contributed by atoms with Crippen LogP contribution in [0, 0.1) is 12.3 Å². The van der Waals surface area contributed by atoms with Crippen LogP contribution in [0.4, 0.5) is 52.7 Å². The lowest BCUT2D eigenvalue weighted by Crippen LogP contribution is -2.48. The van der Waals surface area contributed by atoms with Gasteiger partial charge in [-0.2, -0.15) is 52.7 Å². The average molecular weight is 1450 g/mol. The Morgan fingerprint density at radius 2 is 0.674 bits per heavy atom. The molecule has 1 atom stereocenters. The molecule has 0 aliphatic heterocycles. The molecule has 0 aromatic rings. The molecule has 0 amide bonds. The lowest BCUT2D eigenvalue weighted by Gasteiger charge is -2.33. The Labute approximate surface area is 563 Å². The SMILES string of the molecule is C#CC[Si](C)(C)C=C.C=CC[Si](C)(CC=C)CC=C.C=CC[Si](C)(CC=C)CCC.C=C[Si](C)(C)C=C.C=C[Si](C)(C=C)C(C(F)(F)F)C(F)(F)F.C=C[Si](C)(C=C)C(C)C(F)(F)F.C=C[Si](C)(C=C)C=C.C=C[Si](C)(C=C)CC(F)(F)F.C=C[Si](C=C)(C=C)C=C. The van der Waals surface area contributed by atoms with Crippen molar-refractivity contribution in [3.05, 3.63) is 260 Å². The molecule has 0 spiro atoms. The number of allylic oxidation sites excluding steroid dienone is 5. The van der Waals surface area contributed by atoms with Crippen molar-refractivity contribution < 1.29 is 52.7 Å². The van der Waals surface area contributed by atoms with E-state index in [1.807, 2.05) is 75.2 Å². The first kappa shape index (κ1) is 106. The van der Waals surface area contributed by atoms with Crippen molar-refractivity contribution >= 4 is 72.7 Å². The molecule has 0 aromatic heterocycles. The highest BCUT2D eigenvalue weighted by molar-refractivity contribution is 6.97. The maximum absolute atomic E-state index is 12.3. The molecule has 0 N–H and O–H groups in total. The summed E-state index contributed by atoms with van der Waals surface area (Å²) in [7, 11) is -16.2. The van der Waals surface area contributed by atoms with Gasteiger partial charge in [-0.3, -0.25) is 0 Å². The Kier molecular flexibility index (Phi) is 59.4. The van der Waals surface area contributed by atoms with Crippen molar-refractivity contribution in [2.24, 2.45) is 0 Å². The maximum atomic E-state index is 12.3. The minimum Gasteiger partial charge on any atom is -0.171 e. The molecule has 0 aliphatic rings. The van der Waals surface area contributed by atoms with E-state index in [9.17, 15) is 52.7 Å². The van der Waals surface area contributed by atoms with Crippen LogP contribution in [-0.2, 0) is 0 Å². The van der Waals surface area contributed by atoms with Crippen molar-refractivity contribution in [1.82, 2.24) is 0 Å². The van der Waals surface area contributed by atoms with E-state index in [4.69, 9.17) is 6.42 Å². The van der Waals surface area contributed by atoms with Gasteiger partial charge in [0.05, 0.1) is 37.8 Å². The highest BCUT2D eigenvalue weighted by Gasteiger charge is 2.63. The van der Waals surface area contributed by atoms with Crippen LogP contribution in [0.15, 0.2) is 260 Å². The van der Waals surface area contributed by atoms with E-state index < -0.39 is 114 Å². The van der Waals surface area contributed by atoms with Crippen LogP contribution >= 0.6 is 0 Å². The minimum atomic E-state index is -5.32. The molecule has 0 aliphatic carbocycles. The molecular weight excluding hydrogens is 1330 g/mol. The van der Waals surface area contributed by atoms with Crippen LogP contribution in [0.5, 0.6) is 0 Å². The molecule has 0 heterocycles. The van der Waals surface area contributed by atoms with E-state index in [-0.39, 0.29) is 0 Å². The summed E-state index contributed by atoms with van der Waals surface area (Å²) in [6.07, 6.45) is -2.20. The van der Waals surface area contributed by atoms with Crippen molar-refractivity contribution in [3.8, 4) is 12.3 Å². The van der Waals surface area contributed by atoms with Crippen LogP contribution in [-0.4, -0.2) is 97.4 Å². The zero-order valence-electron chi connectivity index (χ0n) is 58.6. The summed E-state index contributed by atoms with van der Waals surface area (Å²) in [5.41, 5.74) is 21.9. The van der Waals surface area contributed by atoms with Gasteiger partial charge in [0.15, 0.2) is 0 Å². The Hall–Kier alpha value is -4.79. The molecule has 0 aromatic carbocycles. The molecule has 0 bridgehead atoms. The van der Waals surface area contributed by atoms with Crippen LogP contribution in [0.25, 0.3) is 0 Å². The molecule has 0 rings (SSSR count). The van der Waals surface area contributed by atoms with Gasteiger partial charge >= 0.3 is 24.7 Å². The predicted octanol–water partition coefficient (Wildman–Crippen LogP) is 26.8. The zero-order chi connectivity index (χ0) is 75.6. The van der Waals surface area contributed by atoms with Crippen LogP contribution < -0.4 is 0 Å². The number of hydrogen-bond acceptors (Lipinski definition) is 0. The van der Waals surface area contributed by atoms with Gasteiger partial charge in [0.25, 0.3) is 0 Å². The summed E-state index contributed by atoms with van der Waals surface area (Å²) in [6, 6.07) is 7.56. The molecule has 0 radical (unpaired) electrons. The Morgan fingerprint density at radius 3 is 0.772 bits per heavy atom. The van der Waals surface area contributed by atoms with E-state index in [0.29, 0.717) is 0 Å². The fourth-order valence-corrected chi connectivity index (χ4v) is 19.8. The van der Waals surface area contributed by atoms with E-state index >= 15 is 0 Å². The summed E-state index contributed by atoms with van der Waals surface area (Å²) in [5, 5.41) is 0. The quantitative estimate of drug-likeness (QED) is 0.0273. The molecule has 0 nitrogen and oxygen atoms in total. The molecule has 524 valence electrons. The molecule has 0 saturated heterocycles. The third-order valence-electron chi connectivity index (χ3n) is 14.9. The third kappa shape index (κ3) is 52.6. The number of rotatable bonds is 32. The molecule has 0 saturated carbocycles. The summed E-state index contributed by atoms with van der Waals surface area (Å²) in [5.74, 6) is 2.65. The Bertz CT molecular complexity index is 2210. The maximum Gasteiger partial charge on any atom is 0.398 e. The van der Waals surface area contributed by atoms with Gasteiger partial charge in [0.1, 0.15) is 45.9 Å². The van der Waals surface area contributed by atoms with E-state index in [1.54, 1.807) is 13.1 Å². The van der Waals surface area contributed by atoms with Gasteiger partial charge in [-0.25, -0.2) is 0 Å². The number of terminal acetylenes is 1. The lowest BCUT2D eigenvalue weighted by atomic mass is 10.4. The number of hydrogen-bond donors (Lipinski definition) is 0. The molecule has 1 unspecified atom stereocenters. The molecule has 92 heavy (non-hydrogen) atoms. The van der Waals surface area contributed by atoms with Crippen molar-refractivity contribution in [3.63, 3.8) is 0 Å². The standard InChI is InChI=1S/C10H20Si.C10H18Si.C8H10F6Si.C8H13F3Si.C8H12Si.C7H11F3Si.2C7H12Si.C6H12Si/c2*1-5-8-11(4,9-6-2)10-7-3;1-4-15(3,5-2)6(7(9,10)11)8(12,13)14;1-5-12(4,6-2)7(3)8(9,10)11;1-5-9(6-2,7-3)8-4;1-4-11(3,5-2)6-7(8,9)10;1-5-7-8(3,4)6-2;1-5-8(4,6-2)7-3;1-5-7(3,4)6-2/h5-6H,1-2,7-10H2,3-4H3;5-7H,1-3,8-10H2,4H3;4-6H,1-2H2,3H3;5-7H,1-2H2,3-4H3;5-8H,1-4H2;4-5H,1-2,6H2,3H3;1,6H,2,7H2,3-4H3;5-7H,1-3H2,4H3;5-6H,1-2H2,3-4H3. The normalized spacial score (nSPS) is 12.0. The fourth-order valence-electron chi connectivity index (χ4n) is 6.71. The van der Waals surface area contributed by atoms with Crippen LogP contribution in [0.1, 0.15) is 20.3 Å². The first-order valence-electron chi connectivity index (χ1n) is 29.6. The lowest BCUT2D eigenvalue weighted by molar-refractivity contribution is -0.232. The van der Waals surface area contributed by atoms with Crippen molar-refractivity contribution in [2.45, 2.75) is 170 Å². The topological polar surface area (TPSA) is 0 Å². The fraction of sp³-hybridized carbons (Fsp3) is 0.380. The van der Waals surface area contributed by atoms with Gasteiger partial charge in [-0.05, 0) is 30.2 Å². The summed E-state index contributed by atoms with van der Waals surface area (Å²) < 4.78 is 146. The smallest absolute Gasteiger partial charge is 0.171 e. The van der Waals surface area contributed by atoms with Crippen LogP contribution in [0.3, 0.4) is 0 Å². The predicted molar refractivity (Wildman–Crippen MR) is 420 cm³/mol. The van der Waals surface area contributed by atoms with Gasteiger partial charge in [-0.1, -0.05) is 208 Å². The van der Waals surface area contributed by atoms with E-state index in [2.05, 4.69) is 209 Å². The zero-order valence-corrected chi connectivity index (χ0v) is 67.6. The Morgan fingerprint density at radius 1 is 0.380 bits per heavy atom. The third-order valence-corrected chi connectivity index (χ3v) is 43.4. The van der Waals surface area contributed by atoms with Gasteiger partial charge in [0.2, 0.25) is 0 Å². The molecular formula is C71H120F12Si9. The summed E-state index contributed by atoms with van der Waals surface area (Å²) >= 11 is 0. The van der Waals surface area contributed by atoms with E-state index in [0.717, 1.165) is 24.0 Å². The monoisotopic (exact) mass is 1450 g/mol. The second-order valence-corrected chi connectivity index (χ2v) is 63.8. The largest absolute Gasteiger partial charge is 0.398 e. The highest BCUT2D eigenvalue weighted by atomic mass is 28.3.